The molecule has 2 rings (SSSR count). The Hall–Kier alpha value is -1.37. The van der Waals surface area contributed by atoms with Crippen LogP contribution in [0.4, 0.5) is 0 Å². The van der Waals surface area contributed by atoms with E-state index >= 15 is 0 Å². The van der Waals surface area contributed by atoms with Crippen LogP contribution in [-0.4, -0.2) is 5.78 Å². The fourth-order valence-electron chi connectivity index (χ4n) is 2.28. The van der Waals surface area contributed by atoms with Crippen LogP contribution >= 0.6 is 0 Å². The monoisotopic (exact) mass is 200 g/mol. The normalized spacial score (nSPS) is 19.3. The number of Topliss-reactive ketones (excluding diaryl/α,β-unsaturated/α-hetero) is 1. The van der Waals surface area contributed by atoms with Gasteiger partial charge in [-0.25, -0.2) is 0 Å². The molecule has 0 heterocycles. The second-order valence-electron chi connectivity index (χ2n) is 4.17. The molecule has 1 aliphatic rings. The molecule has 0 radical (unpaired) electrons. The molecular formula is C14H16O. The summed E-state index contributed by atoms with van der Waals surface area (Å²) in [6.45, 7) is 3.62. The Bertz CT molecular complexity index is 379. The number of benzene rings is 1. The van der Waals surface area contributed by atoms with E-state index in [0.29, 0.717) is 12.2 Å². The van der Waals surface area contributed by atoms with Gasteiger partial charge in [-0.3, -0.25) is 4.79 Å². The molecule has 0 saturated heterocycles. The molecule has 0 aromatic heterocycles. The SMILES string of the molecule is C=CCC(=O)C1CCc2ccccc2C1. The Morgan fingerprint density at radius 1 is 1.40 bits per heavy atom. The zero-order valence-corrected chi connectivity index (χ0v) is 8.91. The van der Waals surface area contributed by atoms with Crippen LogP contribution < -0.4 is 0 Å². The zero-order chi connectivity index (χ0) is 10.7. The topological polar surface area (TPSA) is 17.1 Å². The third kappa shape index (κ3) is 2.17. The van der Waals surface area contributed by atoms with Crippen LogP contribution in [0.5, 0.6) is 0 Å². The molecule has 1 aromatic carbocycles. The number of carbonyl (C=O) groups excluding carboxylic acids is 1. The van der Waals surface area contributed by atoms with Crippen molar-refractivity contribution < 1.29 is 4.79 Å². The lowest BCUT2D eigenvalue weighted by atomic mass is 9.81. The summed E-state index contributed by atoms with van der Waals surface area (Å²) in [5.74, 6) is 0.567. The molecule has 1 heteroatoms. The van der Waals surface area contributed by atoms with Crippen LogP contribution in [0.3, 0.4) is 0 Å². The third-order valence-electron chi connectivity index (χ3n) is 3.15. The van der Waals surface area contributed by atoms with Crippen LogP contribution in [-0.2, 0) is 17.6 Å². The van der Waals surface area contributed by atoms with Crippen LogP contribution in [0.2, 0.25) is 0 Å². The number of hydrogen-bond acceptors (Lipinski definition) is 1. The molecular weight excluding hydrogens is 184 g/mol. The molecule has 0 aliphatic heterocycles. The lowest BCUT2D eigenvalue weighted by Gasteiger charge is -2.23. The van der Waals surface area contributed by atoms with Crippen molar-refractivity contribution in [2.24, 2.45) is 5.92 Å². The first-order valence-electron chi connectivity index (χ1n) is 5.51. The Balaban J connectivity index is 2.11. The number of fused-ring (bicyclic) bond motifs is 1. The second kappa shape index (κ2) is 4.43. The standard InChI is InChI=1S/C14H16O/c1-2-5-14(15)13-9-8-11-6-3-4-7-12(11)10-13/h2-4,6-7,13H,1,5,8-10H2. The number of rotatable bonds is 3. The third-order valence-corrected chi connectivity index (χ3v) is 3.15. The van der Waals surface area contributed by atoms with Crippen molar-refractivity contribution in [3.8, 4) is 0 Å². The Labute approximate surface area is 90.8 Å². The summed E-state index contributed by atoms with van der Waals surface area (Å²) in [7, 11) is 0. The molecule has 0 fully saturated rings. The minimum Gasteiger partial charge on any atom is -0.299 e. The van der Waals surface area contributed by atoms with Crippen LogP contribution in [0, 0.1) is 5.92 Å². The Morgan fingerprint density at radius 2 is 2.13 bits per heavy atom. The van der Waals surface area contributed by atoms with E-state index in [1.807, 2.05) is 0 Å². The average Bonchev–Trinajstić information content (AvgIpc) is 2.29. The van der Waals surface area contributed by atoms with Crippen molar-refractivity contribution in [2.75, 3.05) is 0 Å². The van der Waals surface area contributed by atoms with Gasteiger partial charge in [0.2, 0.25) is 0 Å². The van der Waals surface area contributed by atoms with E-state index in [0.717, 1.165) is 19.3 Å². The minimum atomic E-state index is 0.220. The molecule has 1 aliphatic carbocycles. The largest absolute Gasteiger partial charge is 0.299 e. The van der Waals surface area contributed by atoms with Gasteiger partial charge in [0.25, 0.3) is 0 Å². The molecule has 1 unspecified atom stereocenters. The summed E-state index contributed by atoms with van der Waals surface area (Å²) in [4.78, 5) is 11.7. The van der Waals surface area contributed by atoms with Gasteiger partial charge in [-0.05, 0) is 30.4 Å². The molecule has 0 N–H and O–H groups in total. The maximum absolute atomic E-state index is 11.7. The number of carbonyl (C=O) groups is 1. The lowest BCUT2D eigenvalue weighted by molar-refractivity contribution is -0.122. The van der Waals surface area contributed by atoms with E-state index in [2.05, 4.69) is 30.8 Å². The fourth-order valence-corrected chi connectivity index (χ4v) is 2.28. The average molecular weight is 200 g/mol. The Kier molecular flexibility index (Phi) is 3.00. The molecule has 15 heavy (non-hydrogen) atoms. The van der Waals surface area contributed by atoms with Gasteiger partial charge in [-0.1, -0.05) is 30.3 Å². The number of ketones is 1. The highest BCUT2D eigenvalue weighted by molar-refractivity contribution is 5.82. The van der Waals surface area contributed by atoms with Gasteiger partial charge in [0, 0.05) is 12.3 Å². The molecule has 1 atom stereocenters. The highest BCUT2D eigenvalue weighted by Crippen LogP contribution is 2.26. The molecule has 1 aromatic rings. The van der Waals surface area contributed by atoms with Crippen molar-refractivity contribution in [1.29, 1.82) is 0 Å². The Morgan fingerprint density at radius 3 is 2.87 bits per heavy atom. The smallest absolute Gasteiger partial charge is 0.140 e. The van der Waals surface area contributed by atoms with E-state index in [1.54, 1.807) is 6.08 Å². The van der Waals surface area contributed by atoms with Crippen LogP contribution in [0.15, 0.2) is 36.9 Å². The van der Waals surface area contributed by atoms with Gasteiger partial charge in [0.15, 0.2) is 0 Å². The number of aryl methyl sites for hydroxylation is 1. The van der Waals surface area contributed by atoms with Gasteiger partial charge >= 0.3 is 0 Å². The highest BCUT2D eigenvalue weighted by atomic mass is 16.1. The minimum absolute atomic E-state index is 0.220. The summed E-state index contributed by atoms with van der Waals surface area (Å²) in [5, 5.41) is 0. The van der Waals surface area contributed by atoms with Crippen molar-refractivity contribution >= 4 is 5.78 Å². The van der Waals surface area contributed by atoms with E-state index in [4.69, 9.17) is 0 Å². The summed E-state index contributed by atoms with van der Waals surface area (Å²) < 4.78 is 0. The molecule has 0 bridgehead atoms. The first kappa shape index (κ1) is 10.2. The summed E-state index contributed by atoms with van der Waals surface area (Å²) >= 11 is 0. The van der Waals surface area contributed by atoms with E-state index in [9.17, 15) is 4.79 Å². The number of hydrogen-bond donors (Lipinski definition) is 0. The number of allylic oxidation sites excluding steroid dienone is 1. The first-order chi connectivity index (χ1) is 7.31. The molecule has 0 saturated carbocycles. The molecule has 1 nitrogen and oxygen atoms in total. The van der Waals surface area contributed by atoms with E-state index in [-0.39, 0.29) is 5.92 Å². The second-order valence-corrected chi connectivity index (χ2v) is 4.17. The van der Waals surface area contributed by atoms with Crippen molar-refractivity contribution in [3.05, 3.63) is 48.0 Å². The predicted molar refractivity (Wildman–Crippen MR) is 61.8 cm³/mol. The molecule has 0 spiro atoms. The molecule has 78 valence electrons. The quantitative estimate of drug-likeness (QED) is 0.686. The maximum atomic E-state index is 11.7. The van der Waals surface area contributed by atoms with E-state index in [1.165, 1.54) is 11.1 Å². The van der Waals surface area contributed by atoms with Crippen LogP contribution in [0.25, 0.3) is 0 Å². The summed E-state index contributed by atoms with van der Waals surface area (Å²) in [6, 6.07) is 8.44. The van der Waals surface area contributed by atoms with Crippen molar-refractivity contribution in [1.82, 2.24) is 0 Å². The van der Waals surface area contributed by atoms with Gasteiger partial charge in [-0.2, -0.15) is 0 Å². The summed E-state index contributed by atoms with van der Waals surface area (Å²) in [6.07, 6.45) is 5.20. The zero-order valence-electron chi connectivity index (χ0n) is 8.91. The van der Waals surface area contributed by atoms with Gasteiger partial charge in [0.1, 0.15) is 5.78 Å². The van der Waals surface area contributed by atoms with Crippen molar-refractivity contribution in [3.63, 3.8) is 0 Å². The summed E-state index contributed by atoms with van der Waals surface area (Å²) in [5.41, 5.74) is 2.77. The fraction of sp³-hybridized carbons (Fsp3) is 0.357. The lowest BCUT2D eigenvalue weighted by Crippen LogP contribution is -2.22. The predicted octanol–water partition coefficient (Wildman–Crippen LogP) is 2.94. The first-order valence-corrected chi connectivity index (χ1v) is 5.51. The highest BCUT2D eigenvalue weighted by Gasteiger charge is 2.22. The maximum Gasteiger partial charge on any atom is 0.140 e. The van der Waals surface area contributed by atoms with E-state index < -0.39 is 0 Å². The van der Waals surface area contributed by atoms with Crippen LogP contribution in [0.1, 0.15) is 24.0 Å². The van der Waals surface area contributed by atoms with Gasteiger partial charge < -0.3 is 0 Å². The molecule has 0 amide bonds. The van der Waals surface area contributed by atoms with Gasteiger partial charge in [0.05, 0.1) is 0 Å². The van der Waals surface area contributed by atoms with Crippen molar-refractivity contribution in [2.45, 2.75) is 25.7 Å². The van der Waals surface area contributed by atoms with Gasteiger partial charge in [-0.15, -0.1) is 6.58 Å².